The standard InChI is InChI=1S/C17H21NO2/c1-14-7-5-6-10-16(14)17(18)13-19-11-12-20-15-8-3-2-4-9-15/h2-10,17H,11-13,18H2,1H3. The Hall–Kier alpha value is -1.84. The molecule has 0 fully saturated rings. The van der Waals surface area contributed by atoms with Gasteiger partial charge in [-0.25, -0.2) is 0 Å². The molecule has 20 heavy (non-hydrogen) atoms. The minimum absolute atomic E-state index is 0.0899. The van der Waals surface area contributed by atoms with Gasteiger partial charge < -0.3 is 15.2 Å². The molecule has 0 bridgehead atoms. The average Bonchev–Trinajstić information content (AvgIpc) is 2.48. The summed E-state index contributed by atoms with van der Waals surface area (Å²) in [5.74, 6) is 0.860. The fraction of sp³-hybridized carbons (Fsp3) is 0.294. The van der Waals surface area contributed by atoms with E-state index in [0.29, 0.717) is 19.8 Å². The van der Waals surface area contributed by atoms with Crippen LogP contribution in [0.3, 0.4) is 0 Å². The maximum atomic E-state index is 6.12. The topological polar surface area (TPSA) is 44.5 Å². The van der Waals surface area contributed by atoms with Crippen LogP contribution in [0, 0.1) is 6.92 Å². The zero-order valence-electron chi connectivity index (χ0n) is 11.8. The Bertz CT molecular complexity index is 513. The minimum Gasteiger partial charge on any atom is -0.491 e. The lowest BCUT2D eigenvalue weighted by atomic mass is 10.0. The summed E-state index contributed by atoms with van der Waals surface area (Å²) in [7, 11) is 0. The second kappa shape index (κ2) is 7.68. The molecular formula is C17H21NO2. The molecule has 3 nitrogen and oxygen atoms in total. The maximum Gasteiger partial charge on any atom is 0.119 e. The molecule has 0 radical (unpaired) electrons. The van der Waals surface area contributed by atoms with Crippen molar-refractivity contribution in [3.63, 3.8) is 0 Å². The lowest BCUT2D eigenvalue weighted by Gasteiger charge is -2.15. The van der Waals surface area contributed by atoms with Gasteiger partial charge in [-0.05, 0) is 30.2 Å². The van der Waals surface area contributed by atoms with E-state index in [2.05, 4.69) is 13.0 Å². The van der Waals surface area contributed by atoms with Gasteiger partial charge >= 0.3 is 0 Å². The third kappa shape index (κ3) is 4.37. The first-order valence-electron chi connectivity index (χ1n) is 6.84. The van der Waals surface area contributed by atoms with Gasteiger partial charge in [0, 0.05) is 0 Å². The van der Waals surface area contributed by atoms with Gasteiger partial charge in [0.25, 0.3) is 0 Å². The number of hydrogen-bond acceptors (Lipinski definition) is 3. The first-order valence-corrected chi connectivity index (χ1v) is 6.84. The molecule has 2 aromatic rings. The number of nitrogens with two attached hydrogens (primary N) is 1. The van der Waals surface area contributed by atoms with Crippen molar-refractivity contribution in [1.29, 1.82) is 0 Å². The van der Waals surface area contributed by atoms with Crippen LogP contribution in [0.1, 0.15) is 17.2 Å². The van der Waals surface area contributed by atoms with Gasteiger partial charge in [-0.3, -0.25) is 0 Å². The van der Waals surface area contributed by atoms with Crippen molar-refractivity contribution in [2.45, 2.75) is 13.0 Å². The van der Waals surface area contributed by atoms with E-state index in [0.717, 1.165) is 11.3 Å². The first kappa shape index (κ1) is 14.6. The molecule has 2 rings (SSSR count). The van der Waals surface area contributed by atoms with Crippen LogP contribution < -0.4 is 10.5 Å². The third-order valence-electron chi connectivity index (χ3n) is 3.12. The predicted molar refractivity (Wildman–Crippen MR) is 80.9 cm³/mol. The Labute approximate surface area is 120 Å². The van der Waals surface area contributed by atoms with Gasteiger partial charge in [0.15, 0.2) is 0 Å². The van der Waals surface area contributed by atoms with Crippen molar-refractivity contribution >= 4 is 0 Å². The van der Waals surface area contributed by atoms with Gasteiger partial charge in [0.1, 0.15) is 12.4 Å². The summed E-state index contributed by atoms with van der Waals surface area (Å²) in [6.07, 6.45) is 0. The van der Waals surface area contributed by atoms with Gasteiger partial charge in [-0.2, -0.15) is 0 Å². The molecule has 2 N–H and O–H groups in total. The molecule has 0 saturated heterocycles. The fourth-order valence-corrected chi connectivity index (χ4v) is 2.04. The summed E-state index contributed by atoms with van der Waals surface area (Å²) < 4.78 is 11.1. The highest BCUT2D eigenvalue weighted by molar-refractivity contribution is 5.28. The number of hydrogen-bond donors (Lipinski definition) is 1. The number of para-hydroxylation sites is 1. The molecular weight excluding hydrogens is 250 g/mol. The van der Waals surface area contributed by atoms with Crippen LogP contribution in [-0.2, 0) is 4.74 Å². The van der Waals surface area contributed by atoms with Gasteiger partial charge in [0.05, 0.1) is 19.3 Å². The average molecular weight is 271 g/mol. The second-order valence-corrected chi connectivity index (χ2v) is 4.70. The van der Waals surface area contributed by atoms with E-state index in [-0.39, 0.29) is 6.04 Å². The highest BCUT2D eigenvalue weighted by Gasteiger charge is 2.08. The van der Waals surface area contributed by atoms with Crippen LogP contribution in [-0.4, -0.2) is 19.8 Å². The molecule has 1 unspecified atom stereocenters. The summed E-state index contributed by atoms with van der Waals surface area (Å²) in [5, 5.41) is 0. The van der Waals surface area contributed by atoms with E-state index in [1.807, 2.05) is 48.5 Å². The first-order chi connectivity index (χ1) is 9.77. The molecule has 0 aliphatic carbocycles. The van der Waals surface area contributed by atoms with E-state index in [1.54, 1.807) is 0 Å². The van der Waals surface area contributed by atoms with Gasteiger partial charge in [-0.15, -0.1) is 0 Å². The van der Waals surface area contributed by atoms with Crippen LogP contribution in [0.25, 0.3) is 0 Å². The Morgan fingerprint density at radius 1 is 0.950 bits per heavy atom. The van der Waals surface area contributed by atoms with Crippen molar-refractivity contribution in [1.82, 2.24) is 0 Å². The van der Waals surface area contributed by atoms with E-state index < -0.39 is 0 Å². The SMILES string of the molecule is Cc1ccccc1C(N)COCCOc1ccccc1. The lowest BCUT2D eigenvalue weighted by Crippen LogP contribution is -2.20. The van der Waals surface area contributed by atoms with Crippen molar-refractivity contribution < 1.29 is 9.47 Å². The highest BCUT2D eigenvalue weighted by Crippen LogP contribution is 2.15. The van der Waals surface area contributed by atoms with E-state index >= 15 is 0 Å². The highest BCUT2D eigenvalue weighted by atomic mass is 16.5. The quantitative estimate of drug-likeness (QED) is 0.787. The lowest BCUT2D eigenvalue weighted by molar-refractivity contribution is 0.0902. The van der Waals surface area contributed by atoms with Crippen molar-refractivity contribution in [3.05, 3.63) is 65.7 Å². The Kier molecular flexibility index (Phi) is 5.59. The maximum absolute atomic E-state index is 6.12. The third-order valence-corrected chi connectivity index (χ3v) is 3.12. The summed E-state index contributed by atoms with van der Waals surface area (Å²) in [6, 6.07) is 17.8. The monoisotopic (exact) mass is 271 g/mol. The molecule has 0 aliphatic heterocycles. The molecule has 0 amide bonds. The smallest absolute Gasteiger partial charge is 0.119 e. The van der Waals surface area contributed by atoms with Crippen molar-refractivity contribution in [3.8, 4) is 5.75 Å². The Morgan fingerprint density at radius 2 is 1.65 bits per heavy atom. The molecule has 0 heterocycles. The van der Waals surface area contributed by atoms with Crippen molar-refractivity contribution in [2.24, 2.45) is 5.73 Å². The molecule has 1 atom stereocenters. The summed E-state index contributed by atoms with van der Waals surface area (Å²) in [4.78, 5) is 0. The van der Waals surface area contributed by atoms with E-state index in [4.69, 9.17) is 15.2 Å². The molecule has 2 aromatic carbocycles. The van der Waals surface area contributed by atoms with Crippen LogP contribution in [0.15, 0.2) is 54.6 Å². The zero-order valence-corrected chi connectivity index (χ0v) is 11.8. The van der Waals surface area contributed by atoms with Gasteiger partial charge in [-0.1, -0.05) is 42.5 Å². The summed E-state index contributed by atoms with van der Waals surface area (Å²) in [6.45, 7) is 3.63. The summed E-state index contributed by atoms with van der Waals surface area (Å²) >= 11 is 0. The number of benzene rings is 2. The second-order valence-electron chi connectivity index (χ2n) is 4.70. The molecule has 3 heteroatoms. The van der Waals surface area contributed by atoms with Crippen molar-refractivity contribution in [2.75, 3.05) is 19.8 Å². The van der Waals surface area contributed by atoms with Crippen LogP contribution in [0.2, 0.25) is 0 Å². The Morgan fingerprint density at radius 3 is 2.40 bits per heavy atom. The zero-order chi connectivity index (χ0) is 14.2. The largest absolute Gasteiger partial charge is 0.491 e. The number of aryl methyl sites for hydroxylation is 1. The Balaban J connectivity index is 1.67. The molecule has 0 aromatic heterocycles. The fourth-order valence-electron chi connectivity index (χ4n) is 2.04. The normalized spacial score (nSPS) is 12.1. The minimum atomic E-state index is -0.0899. The molecule has 0 spiro atoms. The predicted octanol–water partition coefficient (Wildman–Crippen LogP) is 3.09. The van der Waals surface area contributed by atoms with Gasteiger partial charge in [0.2, 0.25) is 0 Å². The molecule has 106 valence electrons. The number of rotatable bonds is 7. The summed E-state index contributed by atoms with van der Waals surface area (Å²) in [5.41, 5.74) is 8.46. The van der Waals surface area contributed by atoms with Crippen LogP contribution >= 0.6 is 0 Å². The molecule has 0 saturated carbocycles. The van der Waals surface area contributed by atoms with E-state index in [1.165, 1.54) is 5.56 Å². The van der Waals surface area contributed by atoms with E-state index in [9.17, 15) is 0 Å². The van der Waals surface area contributed by atoms with Crippen LogP contribution in [0.5, 0.6) is 5.75 Å². The van der Waals surface area contributed by atoms with Crippen LogP contribution in [0.4, 0.5) is 0 Å². The number of ether oxygens (including phenoxy) is 2. The molecule has 0 aliphatic rings.